The summed E-state index contributed by atoms with van der Waals surface area (Å²) in [6.07, 6.45) is 0.996. The number of benzene rings is 2. The third-order valence-corrected chi connectivity index (χ3v) is 9.48. The van der Waals surface area contributed by atoms with Crippen molar-refractivity contribution in [2.45, 2.75) is 23.0 Å². The second kappa shape index (κ2) is 8.85. The van der Waals surface area contributed by atoms with E-state index in [2.05, 4.69) is 4.90 Å². The maximum atomic E-state index is 13.0. The number of aromatic nitrogens is 1. The zero-order valence-corrected chi connectivity index (χ0v) is 20.1. The number of piperidine rings is 1. The fourth-order valence-corrected chi connectivity index (χ4v) is 7.37. The van der Waals surface area contributed by atoms with Crippen LogP contribution in [0.4, 0.5) is 5.13 Å². The van der Waals surface area contributed by atoms with Gasteiger partial charge in [0.1, 0.15) is 0 Å². The minimum atomic E-state index is -3.53. The summed E-state index contributed by atoms with van der Waals surface area (Å²) in [7, 11) is -3.53. The van der Waals surface area contributed by atoms with E-state index in [1.807, 2.05) is 11.4 Å². The number of thiazole rings is 1. The predicted octanol–water partition coefficient (Wildman–Crippen LogP) is 6.87. The number of anilines is 1. The summed E-state index contributed by atoms with van der Waals surface area (Å²) in [5.74, 6) is 0. The van der Waals surface area contributed by atoms with Gasteiger partial charge < -0.3 is 4.90 Å². The van der Waals surface area contributed by atoms with Gasteiger partial charge in [-0.05, 0) is 49.2 Å². The smallest absolute Gasteiger partial charge is 0.185 e. The van der Waals surface area contributed by atoms with Crippen LogP contribution >= 0.6 is 57.7 Å². The maximum Gasteiger partial charge on any atom is 0.185 e. The highest BCUT2D eigenvalue weighted by Gasteiger charge is 2.33. The molecule has 0 atom stereocenters. The molecule has 1 saturated heterocycles. The third-order valence-electron chi connectivity index (χ3n) is 5.05. The van der Waals surface area contributed by atoms with Gasteiger partial charge in [0.25, 0.3) is 0 Å². The standard InChI is InChI=1S/C20H16Cl4N2O2S2/c21-12-1-3-15(16(23)9-12)18-11-29-20(25-18)26-7-5-14(6-8-26)30(27,28)19-4-2-13(22)10-17(19)24/h1-4,9-11,14H,5-8H2. The summed E-state index contributed by atoms with van der Waals surface area (Å²) in [5.41, 5.74) is 1.60. The molecule has 4 nitrogen and oxygen atoms in total. The largest absolute Gasteiger partial charge is 0.348 e. The van der Waals surface area contributed by atoms with Crippen LogP contribution in [-0.4, -0.2) is 31.7 Å². The topological polar surface area (TPSA) is 50.3 Å². The molecular weight excluding hydrogens is 506 g/mol. The fraction of sp³-hybridized carbons (Fsp3) is 0.250. The number of rotatable bonds is 4. The molecule has 0 N–H and O–H groups in total. The van der Waals surface area contributed by atoms with Crippen molar-refractivity contribution in [1.82, 2.24) is 4.98 Å². The van der Waals surface area contributed by atoms with Crippen LogP contribution in [0.15, 0.2) is 46.7 Å². The molecule has 1 fully saturated rings. The molecule has 0 amide bonds. The molecule has 0 bridgehead atoms. The lowest BCUT2D eigenvalue weighted by Gasteiger charge is -2.31. The molecule has 1 aromatic heterocycles. The minimum absolute atomic E-state index is 0.140. The van der Waals surface area contributed by atoms with E-state index in [1.54, 1.807) is 18.2 Å². The third kappa shape index (κ3) is 4.45. The fourth-order valence-electron chi connectivity index (χ4n) is 3.47. The molecule has 0 aliphatic carbocycles. The Hall–Kier alpha value is -1.02. The molecule has 0 saturated carbocycles. The van der Waals surface area contributed by atoms with Crippen LogP contribution in [0, 0.1) is 0 Å². The average Bonchev–Trinajstić information content (AvgIpc) is 3.17. The van der Waals surface area contributed by atoms with Gasteiger partial charge in [-0.2, -0.15) is 0 Å². The highest BCUT2D eigenvalue weighted by Crippen LogP contribution is 2.36. The molecule has 1 aliphatic rings. The van der Waals surface area contributed by atoms with Crippen LogP contribution in [-0.2, 0) is 9.84 Å². The van der Waals surface area contributed by atoms with Crippen molar-refractivity contribution in [1.29, 1.82) is 0 Å². The number of sulfone groups is 1. The number of nitrogens with zero attached hydrogens (tertiary/aromatic N) is 2. The van der Waals surface area contributed by atoms with Gasteiger partial charge in [0.05, 0.1) is 25.9 Å². The number of hydrogen-bond donors (Lipinski definition) is 0. The zero-order valence-electron chi connectivity index (χ0n) is 15.5. The molecule has 2 heterocycles. The quantitative estimate of drug-likeness (QED) is 0.376. The van der Waals surface area contributed by atoms with Crippen molar-refractivity contribution in [3.63, 3.8) is 0 Å². The minimum Gasteiger partial charge on any atom is -0.348 e. The second-order valence-corrected chi connectivity index (χ2v) is 11.7. The van der Waals surface area contributed by atoms with Crippen LogP contribution in [0.25, 0.3) is 11.3 Å². The number of hydrogen-bond acceptors (Lipinski definition) is 5. The zero-order chi connectivity index (χ0) is 21.5. The highest BCUT2D eigenvalue weighted by atomic mass is 35.5. The van der Waals surface area contributed by atoms with Gasteiger partial charge >= 0.3 is 0 Å². The van der Waals surface area contributed by atoms with E-state index in [9.17, 15) is 8.42 Å². The molecule has 0 unspecified atom stereocenters. The van der Waals surface area contributed by atoms with E-state index in [0.29, 0.717) is 41.0 Å². The van der Waals surface area contributed by atoms with Gasteiger partial charge in [-0.15, -0.1) is 11.3 Å². The van der Waals surface area contributed by atoms with Crippen LogP contribution in [0.3, 0.4) is 0 Å². The Morgan fingerprint density at radius 3 is 2.20 bits per heavy atom. The van der Waals surface area contributed by atoms with Gasteiger partial charge in [-0.3, -0.25) is 0 Å². The first-order valence-corrected chi connectivity index (χ1v) is 13.0. The summed E-state index contributed by atoms with van der Waals surface area (Å²) in [5, 5.41) is 3.99. The number of halogens is 4. The van der Waals surface area contributed by atoms with Crippen LogP contribution < -0.4 is 4.90 Å². The van der Waals surface area contributed by atoms with E-state index in [-0.39, 0.29) is 9.92 Å². The normalized spacial score (nSPS) is 15.5. The monoisotopic (exact) mass is 520 g/mol. The van der Waals surface area contributed by atoms with Crippen molar-refractivity contribution < 1.29 is 8.42 Å². The lowest BCUT2D eigenvalue weighted by Crippen LogP contribution is -2.39. The summed E-state index contributed by atoms with van der Waals surface area (Å²) >= 11 is 25.8. The van der Waals surface area contributed by atoms with E-state index < -0.39 is 15.1 Å². The van der Waals surface area contributed by atoms with Crippen LogP contribution in [0.2, 0.25) is 20.1 Å². The van der Waals surface area contributed by atoms with E-state index in [4.69, 9.17) is 51.4 Å². The first kappa shape index (κ1) is 22.2. The Morgan fingerprint density at radius 1 is 0.933 bits per heavy atom. The Balaban J connectivity index is 1.48. The molecule has 30 heavy (non-hydrogen) atoms. The molecule has 10 heteroatoms. The van der Waals surface area contributed by atoms with Crippen molar-refractivity contribution in [3.8, 4) is 11.3 Å². The van der Waals surface area contributed by atoms with Gasteiger partial charge in [0.15, 0.2) is 15.0 Å². The molecule has 0 radical (unpaired) electrons. The van der Waals surface area contributed by atoms with Gasteiger partial charge in [0, 0.05) is 34.1 Å². The molecule has 1 aliphatic heterocycles. The Kier molecular flexibility index (Phi) is 6.54. The molecule has 0 spiro atoms. The van der Waals surface area contributed by atoms with E-state index >= 15 is 0 Å². The summed E-state index contributed by atoms with van der Waals surface area (Å²) < 4.78 is 26.1. The van der Waals surface area contributed by atoms with E-state index in [0.717, 1.165) is 16.4 Å². The van der Waals surface area contributed by atoms with Gasteiger partial charge in [-0.25, -0.2) is 13.4 Å². The SMILES string of the molecule is O=S(=O)(c1ccc(Cl)cc1Cl)C1CCN(c2nc(-c3ccc(Cl)cc3Cl)cs2)CC1. The first-order chi connectivity index (χ1) is 14.3. The maximum absolute atomic E-state index is 13.0. The predicted molar refractivity (Wildman–Crippen MR) is 126 cm³/mol. The summed E-state index contributed by atoms with van der Waals surface area (Å²) in [6.45, 7) is 1.19. The lowest BCUT2D eigenvalue weighted by atomic mass is 10.1. The Morgan fingerprint density at radius 2 is 1.57 bits per heavy atom. The Labute approximate surface area is 199 Å². The van der Waals surface area contributed by atoms with Crippen molar-refractivity contribution >= 4 is 72.7 Å². The van der Waals surface area contributed by atoms with Crippen molar-refractivity contribution in [2.75, 3.05) is 18.0 Å². The lowest BCUT2D eigenvalue weighted by molar-refractivity contribution is 0.529. The molecule has 158 valence electrons. The first-order valence-electron chi connectivity index (χ1n) is 9.10. The summed E-state index contributed by atoms with van der Waals surface area (Å²) in [6, 6.07) is 9.81. The van der Waals surface area contributed by atoms with Crippen molar-refractivity contribution in [2.24, 2.45) is 0 Å². The van der Waals surface area contributed by atoms with Crippen LogP contribution in [0.1, 0.15) is 12.8 Å². The molecule has 2 aromatic carbocycles. The molecule has 4 rings (SSSR count). The van der Waals surface area contributed by atoms with Gasteiger partial charge in [0.2, 0.25) is 0 Å². The van der Waals surface area contributed by atoms with Crippen LogP contribution in [0.5, 0.6) is 0 Å². The second-order valence-electron chi connectivity index (χ2n) is 6.95. The van der Waals surface area contributed by atoms with Crippen molar-refractivity contribution in [3.05, 3.63) is 61.9 Å². The molecule has 3 aromatic rings. The van der Waals surface area contributed by atoms with Gasteiger partial charge in [-0.1, -0.05) is 46.4 Å². The average molecular weight is 522 g/mol. The summed E-state index contributed by atoms with van der Waals surface area (Å²) in [4.78, 5) is 6.94. The highest BCUT2D eigenvalue weighted by molar-refractivity contribution is 7.92. The molecular formula is C20H16Cl4N2O2S2. The van der Waals surface area contributed by atoms with E-state index in [1.165, 1.54) is 23.5 Å². The Bertz CT molecular complexity index is 1190.